The average molecular weight is 438 g/mol. The SMILES string of the molecule is Cc1ccc(-c2nnc([C@H](C)Sc3nc(N)c4c5c(sc4n3)C[C@@H](C)CC5)o2)cc1. The van der Waals surface area contributed by atoms with Crippen molar-refractivity contribution in [1.82, 2.24) is 20.2 Å². The highest BCUT2D eigenvalue weighted by Gasteiger charge is 2.24. The fourth-order valence-electron chi connectivity index (χ4n) is 3.82. The van der Waals surface area contributed by atoms with Crippen LogP contribution in [-0.2, 0) is 12.8 Å². The van der Waals surface area contributed by atoms with Gasteiger partial charge in [-0.3, -0.25) is 0 Å². The molecule has 4 aromatic rings. The number of rotatable bonds is 4. The lowest BCUT2D eigenvalue weighted by Gasteiger charge is -2.17. The average Bonchev–Trinajstić information content (AvgIpc) is 3.33. The molecule has 0 radical (unpaired) electrons. The van der Waals surface area contributed by atoms with Gasteiger partial charge in [-0.15, -0.1) is 21.5 Å². The third-order valence-corrected chi connectivity index (χ3v) is 7.63. The van der Waals surface area contributed by atoms with Gasteiger partial charge in [0.25, 0.3) is 0 Å². The summed E-state index contributed by atoms with van der Waals surface area (Å²) >= 11 is 3.25. The molecule has 0 fully saturated rings. The molecule has 2 atom stereocenters. The van der Waals surface area contributed by atoms with Gasteiger partial charge in [-0.05, 0) is 56.7 Å². The monoisotopic (exact) mass is 437 g/mol. The normalized spacial score (nSPS) is 17.2. The largest absolute Gasteiger partial charge is 0.419 e. The Hall–Kier alpha value is -2.45. The van der Waals surface area contributed by atoms with E-state index in [0.717, 1.165) is 28.6 Å². The van der Waals surface area contributed by atoms with Crippen LogP contribution in [0.1, 0.15) is 47.4 Å². The third kappa shape index (κ3) is 3.58. The van der Waals surface area contributed by atoms with E-state index in [1.807, 2.05) is 31.2 Å². The van der Waals surface area contributed by atoms with Gasteiger partial charge in [-0.25, -0.2) is 9.97 Å². The minimum atomic E-state index is -0.0804. The van der Waals surface area contributed by atoms with Gasteiger partial charge in [0.15, 0.2) is 5.16 Å². The molecule has 0 spiro atoms. The van der Waals surface area contributed by atoms with Gasteiger partial charge in [0, 0.05) is 10.4 Å². The highest BCUT2D eigenvalue weighted by atomic mass is 32.2. The quantitative estimate of drug-likeness (QED) is 0.328. The number of aryl methyl sites for hydroxylation is 2. The van der Waals surface area contributed by atoms with Crippen molar-refractivity contribution < 1.29 is 4.42 Å². The van der Waals surface area contributed by atoms with Crippen molar-refractivity contribution in [3.05, 3.63) is 46.2 Å². The number of aromatic nitrogens is 4. The second-order valence-electron chi connectivity index (χ2n) is 7.99. The molecule has 0 bridgehead atoms. The number of fused-ring (bicyclic) bond motifs is 3. The Labute approximate surface area is 183 Å². The van der Waals surface area contributed by atoms with Crippen LogP contribution in [0.5, 0.6) is 0 Å². The molecule has 2 N–H and O–H groups in total. The number of hydrogen-bond acceptors (Lipinski definition) is 8. The van der Waals surface area contributed by atoms with Gasteiger partial charge in [-0.2, -0.15) is 0 Å². The summed E-state index contributed by atoms with van der Waals surface area (Å²) < 4.78 is 5.91. The van der Waals surface area contributed by atoms with Crippen LogP contribution in [-0.4, -0.2) is 20.2 Å². The topological polar surface area (TPSA) is 90.7 Å². The van der Waals surface area contributed by atoms with E-state index in [9.17, 15) is 0 Å². The summed E-state index contributed by atoms with van der Waals surface area (Å²) in [6, 6.07) is 8.04. The molecular formula is C22H23N5OS2. The highest BCUT2D eigenvalue weighted by molar-refractivity contribution is 7.99. The van der Waals surface area contributed by atoms with E-state index in [1.54, 1.807) is 11.3 Å². The predicted molar refractivity (Wildman–Crippen MR) is 122 cm³/mol. The lowest BCUT2D eigenvalue weighted by Crippen LogP contribution is -2.09. The molecule has 0 saturated heterocycles. The number of hydrogen-bond donors (Lipinski definition) is 1. The number of anilines is 1. The predicted octanol–water partition coefficient (Wildman–Crippen LogP) is 5.61. The van der Waals surface area contributed by atoms with Crippen LogP contribution in [0.4, 0.5) is 5.82 Å². The van der Waals surface area contributed by atoms with Crippen LogP contribution in [0, 0.1) is 12.8 Å². The number of nitrogen functional groups attached to an aromatic ring is 1. The first-order chi connectivity index (χ1) is 14.5. The Morgan fingerprint density at radius 1 is 1.20 bits per heavy atom. The van der Waals surface area contributed by atoms with Crippen molar-refractivity contribution in [1.29, 1.82) is 0 Å². The molecule has 1 aromatic carbocycles. The molecule has 154 valence electrons. The summed E-state index contributed by atoms with van der Waals surface area (Å²) in [6.07, 6.45) is 3.38. The maximum absolute atomic E-state index is 6.36. The van der Waals surface area contributed by atoms with Crippen molar-refractivity contribution >= 4 is 39.1 Å². The third-order valence-electron chi connectivity index (χ3n) is 5.53. The van der Waals surface area contributed by atoms with Crippen molar-refractivity contribution in [3.63, 3.8) is 0 Å². The Kier molecular flexibility index (Phi) is 4.99. The van der Waals surface area contributed by atoms with Crippen LogP contribution in [0.3, 0.4) is 0 Å². The molecule has 3 aromatic heterocycles. The van der Waals surface area contributed by atoms with E-state index in [4.69, 9.17) is 15.1 Å². The molecule has 0 aliphatic heterocycles. The molecule has 0 amide bonds. The van der Waals surface area contributed by atoms with E-state index >= 15 is 0 Å². The lowest BCUT2D eigenvalue weighted by atomic mass is 9.89. The molecule has 30 heavy (non-hydrogen) atoms. The summed E-state index contributed by atoms with van der Waals surface area (Å²) in [4.78, 5) is 11.8. The second kappa shape index (κ2) is 7.67. The standard InChI is InChI=1S/C22H23N5OS2/c1-11-4-7-14(8-5-11)20-27-26-19(28-20)13(3)29-22-24-18(23)17-15-9-6-12(2)10-16(15)30-21(17)25-22/h4-5,7-8,12-13H,6,9-10H2,1-3H3,(H2,23,24,25)/t12-,13-/m0/s1. The molecule has 0 saturated carbocycles. The smallest absolute Gasteiger partial charge is 0.247 e. The Bertz CT molecular complexity index is 1210. The van der Waals surface area contributed by atoms with Gasteiger partial charge in [0.1, 0.15) is 10.6 Å². The fourth-order valence-corrected chi connectivity index (χ4v) is 6.08. The van der Waals surface area contributed by atoms with E-state index in [1.165, 1.54) is 34.2 Å². The van der Waals surface area contributed by atoms with Crippen LogP contribution in [0.15, 0.2) is 33.8 Å². The fraction of sp³-hybridized carbons (Fsp3) is 0.364. The van der Waals surface area contributed by atoms with Crippen LogP contribution < -0.4 is 5.73 Å². The number of thioether (sulfide) groups is 1. The minimum absolute atomic E-state index is 0.0804. The first kappa shape index (κ1) is 19.5. The maximum atomic E-state index is 6.36. The van der Waals surface area contributed by atoms with Crippen LogP contribution in [0.2, 0.25) is 0 Å². The summed E-state index contributed by atoms with van der Waals surface area (Å²) in [5.41, 5.74) is 9.82. The lowest BCUT2D eigenvalue weighted by molar-refractivity contribution is 0.509. The number of nitrogens with two attached hydrogens (primary N) is 1. The summed E-state index contributed by atoms with van der Waals surface area (Å²) in [7, 11) is 0. The zero-order chi connectivity index (χ0) is 20.8. The van der Waals surface area contributed by atoms with Gasteiger partial charge in [0.2, 0.25) is 11.8 Å². The van der Waals surface area contributed by atoms with Crippen molar-refractivity contribution in [2.24, 2.45) is 5.92 Å². The first-order valence-corrected chi connectivity index (χ1v) is 11.8. The Balaban J connectivity index is 1.40. The van der Waals surface area contributed by atoms with Gasteiger partial charge >= 0.3 is 0 Å². The summed E-state index contributed by atoms with van der Waals surface area (Å²) in [6.45, 7) is 6.37. The van der Waals surface area contributed by atoms with E-state index < -0.39 is 0 Å². The molecule has 1 aliphatic carbocycles. The number of thiophene rings is 1. The number of benzene rings is 1. The van der Waals surface area contributed by atoms with Crippen molar-refractivity contribution in [2.75, 3.05) is 5.73 Å². The summed E-state index contributed by atoms with van der Waals surface area (Å²) in [5, 5.41) is 10.1. The first-order valence-electron chi connectivity index (χ1n) is 10.1. The molecule has 0 unspecified atom stereocenters. The zero-order valence-corrected chi connectivity index (χ0v) is 18.8. The molecule has 5 rings (SSSR count). The summed E-state index contributed by atoms with van der Waals surface area (Å²) in [5.74, 6) is 2.37. The molecule has 1 aliphatic rings. The molecule has 3 heterocycles. The Morgan fingerprint density at radius 3 is 2.80 bits per heavy atom. The van der Waals surface area contributed by atoms with Gasteiger partial charge in [0.05, 0.1) is 10.6 Å². The highest BCUT2D eigenvalue weighted by Crippen LogP contribution is 2.41. The molecular weight excluding hydrogens is 414 g/mol. The van der Waals surface area contributed by atoms with E-state index in [0.29, 0.717) is 28.7 Å². The van der Waals surface area contributed by atoms with Crippen LogP contribution >= 0.6 is 23.1 Å². The second-order valence-corrected chi connectivity index (χ2v) is 10.4. The molecule has 6 nitrogen and oxygen atoms in total. The van der Waals surface area contributed by atoms with Crippen molar-refractivity contribution in [3.8, 4) is 11.5 Å². The zero-order valence-electron chi connectivity index (χ0n) is 17.2. The van der Waals surface area contributed by atoms with E-state index in [2.05, 4.69) is 29.0 Å². The maximum Gasteiger partial charge on any atom is 0.247 e. The van der Waals surface area contributed by atoms with Crippen LogP contribution in [0.25, 0.3) is 21.7 Å². The Morgan fingerprint density at radius 2 is 2.00 bits per heavy atom. The molecule has 8 heteroatoms. The minimum Gasteiger partial charge on any atom is -0.419 e. The van der Waals surface area contributed by atoms with E-state index in [-0.39, 0.29) is 5.25 Å². The van der Waals surface area contributed by atoms with Crippen molar-refractivity contribution in [2.45, 2.75) is 50.4 Å². The van der Waals surface area contributed by atoms with Gasteiger partial charge < -0.3 is 10.2 Å². The van der Waals surface area contributed by atoms with Gasteiger partial charge in [-0.1, -0.05) is 36.4 Å². The number of nitrogens with zero attached hydrogens (tertiary/aromatic N) is 4.